The van der Waals surface area contributed by atoms with Crippen LogP contribution in [0.5, 0.6) is 0 Å². The predicted molar refractivity (Wildman–Crippen MR) is 136 cm³/mol. The quantitative estimate of drug-likeness (QED) is 0.365. The fourth-order valence-corrected chi connectivity index (χ4v) is 4.39. The molecular formula is C29H29N3O2. The van der Waals surface area contributed by atoms with Gasteiger partial charge in [0, 0.05) is 25.9 Å². The predicted octanol–water partition coefficient (Wildman–Crippen LogP) is 5.27. The second kappa shape index (κ2) is 10.6. The summed E-state index contributed by atoms with van der Waals surface area (Å²) in [6.07, 6.45) is 4.79. The Kier molecular flexibility index (Phi) is 6.91. The van der Waals surface area contributed by atoms with Crippen molar-refractivity contribution in [3.05, 3.63) is 90.1 Å². The van der Waals surface area contributed by atoms with Gasteiger partial charge in [-0.1, -0.05) is 60.7 Å². The number of aryl methyl sites for hydroxylation is 1. The van der Waals surface area contributed by atoms with Crippen LogP contribution in [-0.2, 0) is 22.4 Å². The monoisotopic (exact) mass is 451 g/mol. The topological polar surface area (TPSA) is 55.3 Å². The van der Waals surface area contributed by atoms with Crippen LogP contribution in [0.1, 0.15) is 24.0 Å². The number of anilines is 1. The Bertz CT molecular complexity index is 1250. The number of ether oxygens (including phenoxy) is 1. The summed E-state index contributed by atoms with van der Waals surface area (Å²) in [7, 11) is 0. The van der Waals surface area contributed by atoms with Gasteiger partial charge in [-0.05, 0) is 47.2 Å². The minimum atomic E-state index is 0.292. The largest absolute Gasteiger partial charge is 0.378 e. The zero-order valence-corrected chi connectivity index (χ0v) is 19.3. The molecule has 0 amide bonds. The van der Waals surface area contributed by atoms with E-state index < -0.39 is 0 Å². The molecule has 3 aromatic carbocycles. The van der Waals surface area contributed by atoms with Crippen molar-refractivity contribution in [3.63, 3.8) is 0 Å². The van der Waals surface area contributed by atoms with E-state index in [1.54, 1.807) is 0 Å². The Morgan fingerprint density at radius 1 is 0.853 bits per heavy atom. The highest BCUT2D eigenvalue weighted by molar-refractivity contribution is 5.83. The highest BCUT2D eigenvalue weighted by Crippen LogP contribution is 2.25. The standard InChI is InChI=1S/C29H29N3O2/c33-26(8-4-7-22-5-2-1-3-6-22)19-23-9-11-24(12-10-23)25-13-14-27-28(20-25)31-29(21-30-27)32-15-17-34-18-16-32/h1-3,5-6,9-14,20-21H,4,7-8,15-19H2. The summed E-state index contributed by atoms with van der Waals surface area (Å²) >= 11 is 0. The first kappa shape index (κ1) is 22.2. The Balaban J connectivity index is 1.22. The summed E-state index contributed by atoms with van der Waals surface area (Å²) < 4.78 is 5.45. The number of aromatic nitrogens is 2. The zero-order valence-electron chi connectivity index (χ0n) is 19.3. The maximum atomic E-state index is 12.4. The number of ketones is 1. The number of rotatable bonds is 8. The number of nitrogens with zero attached hydrogens (tertiary/aromatic N) is 3. The van der Waals surface area contributed by atoms with E-state index in [0.717, 1.165) is 72.7 Å². The molecule has 1 saturated heterocycles. The van der Waals surface area contributed by atoms with Gasteiger partial charge in [0.25, 0.3) is 0 Å². The molecule has 4 aromatic rings. The lowest BCUT2D eigenvalue weighted by atomic mass is 9.99. The van der Waals surface area contributed by atoms with E-state index >= 15 is 0 Å². The number of carbonyl (C=O) groups excluding carboxylic acids is 1. The van der Waals surface area contributed by atoms with Crippen LogP contribution in [-0.4, -0.2) is 42.1 Å². The summed E-state index contributed by atoms with van der Waals surface area (Å²) in [4.78, 5) is 24.1. The van der Waals surface area contributed by atoms with Crippen LogP contribution < -0.4 is 4.90 Å². The molecule has 172 valence electrons. The molecule has 5 heteroatoms. The summed E-state index contributed by atoms with van der Waals surface area (Å²) in [5, 5.41) is 0. The number of benzene rings is 3. The van der Waals surface area contributed by atoms with Gasteiger partial charge >= 0.3 is 0 Å². The smallest absolute Gasteiger partial charge is 0.148 e. The zero-order chi connectivity index (χ0) is 23.2. The molecule has 5 nitrogen and oxygen atoms in total. The fourth-order valence-electron chi connectivity index (χ4n) is 4.39. The average Bonchev–Trinajstić information content (AvgIpc) is 2.89. The van der Waals surface area contributed by atoms with Crippen molar-refractivity contribution in [1.82, 2.24) is 9.97 Å². The summed E-state index contributed by atoms with van der Waals surface area (Å²) in [6.45, 7) is 3.13. The van der Waals surface area contributed by atoms with Crippen molar-refractivity contribution in [1.29, 1.82) is 0 Å². The molecule has 0 saturated carbocycles. The average molecular weight is 452 g/mol. The first-order valence-corrected chi connectivity index (χ1v) is 12.0. The van der Waals surface area contributed by atoms with E-state index in [2.05, 4.69) is 58.4 Å². The first-order chi connectivity index (χ1) is 16.7. The molecule has 34 heavy (non-hydrogen) atoms. The number of carbonyl (C=O) groups is 1. The van der Waals surface area contributed by atoms with Gasteiger partial charge in [-0.25, -0.2) is 4.98 Å². The molecule has 0 unspecified atom stereocenters. The van der Waals surface area contributed by atoms with Crippen molar-refractivity contribution >= 4 is 22.6 Å². The van der Waals surface area contributed by atoms with E-state index in [9.17, 15) is 4.79 Å². The third-order valence-corrected chi connectivity index (χ3v) is 6.32. The third kappa shape index (κ3) is 5.49. The number of morpholine rings is 1. The molecule has 0 radical (unpaired) electrons. The first-order valence-electron chi connectivity index (χ1n) is 12.0. The van der Waals surface area contributed by atoms with Crippen molar-refractivity contribution in [2.75, 3.05) is 31.2 Å². The van der Waals surface area contributed by atoms with Gasteiger partial charge in [0.1, 0.15) is 11.6 Å². The molecule has 1 fully saturated rings. The van der Waals surface area contributed by atoms with E-state index in [1.807, 2.05) is 30.5 Å². The molecule has 1 aliphatic heterocycles. The summed E-state index contributed by atoms with van der Waals surface area (Å²) in [5.41, 5.74) is 6.33. The molecule has 1 aromatic heterocycles. The molecule has 0 atom stereocenters. The molecular weight excluding hydrogens is 422 g/mol. The Morgan fingerprint density at radius 2 is 1.62 bits per heavy atom. The fraction of sp³-hybridized carbons (Fsp3) is 0.276. The lowest BCUT2D eigenvalue weighted by molar-refractivity contribution is -0.118. The molecule has 0 N–H and O–H groups in total. The highest BCUT2D eigenvalue weighted by Gasteiger charge is 2.13. The third-order valence-electron chi connectivity index (χ3n) is 6.32. The molecule has 0 aliphatic carbocycles. The molecule has 5 rings (SSSR count). The number of fused-ring (bicyclic) bond motifs is 1. The van der Waals surface area contributed by atoms with Crippen molar-refractivity contribution in [3.8, 4) is 11.1 Å². The minimum Gasteiger partial charge on any atom is -0.378 e. The van der Waals surface area contributed by atoms with Crippen LogP contribution >= 0.6 is 0 Å². The van der Waals surface area contributed by atoms with Crippen LogP contribution in [0.3, 0.4) is 0 Å². The number of hydrogen-bond acceptors (Lipinski definition) is 5. The second-order valence-corrected chi connectivity index (χ2v) is 8.78. The van der Waals surface area contributed by atoms with E-state index in [0.29, 0.717) is 18.6 Å². The van der Waals surface area contributed by atoms with Crippen LogP contribution in [0.15, 0.2) is 79.0 Å². The maximum absolute atomic E-state index is 12.4. The van der Waals surface area contributed by atoms with Crippen LogP contribution in [0.25, 0.3) is 22.2 Å². The Hall–Kier alpha value is -3.57. The Morgan fingerprint density at radius 3 is 2.41 bits per heavy atom. The second-order valence-electron chi connectivity index (χ2n) is 8.78. The molecule has 2 heterocycles. The van der Waals surface area contributed by atoms with Crippen molar-refractivity contribution in [2.45, 2.75) is 25.7 Å². The van der Waals surface area contributed by atoms with Gasteiger partial charge < -0.3 is 9.64 Å². The summed E-state index contributed by atoms with van der Waals surface area (Å²) in [6, 6.07) is 24.8. The van der Waals surface area contributed by atoms with Gasteiger partial charge in [0.15, 0.2) is 0 Å². The molecule has 0 bridgehead atoms. The van der Waals surface area contributed by atoms with E-state index in [1.165, 1.54) is 5.56 Å². The SMILES string of the molecule is O=C(CCCc1ccccc1)Cc1ccc(-c2ccc3ncc(N4CCOCC4)nc3c2)cc1. The van der Waals surface area contributed by atoms with Gasteiger partial charge in [0.05, 0.1) is 30.4 Å². The Labute approximate surface area is 200 Å². The lowest BCUT2D eigenvalue weighted by Crippen LogP contribution is -2.36. The highest BCUT2D eigenvalue weighted by atomic mass is 16.5. The van der Waals surface area contributed by atoms with Gasteiger partial charge in [-0.15, -0.1) is 0 Å². The van der Waals surface area contributed by atoms with Gasteiger partial charge in [0.2, 0.25) is 0 Å². The lowest BCUT2D eigenvalue weighted by Gasteiger charge is -2.27. The number of hydrogen-bond donors (Lipinski definition) is 0. The van der Waals surface area contributed by atoms with E-state index in [4.69, 9.17) is 9.72 Å². The maximum Gasteiger partial charge on any atom is 0.148 e. The van der Waals surface area contributed by atoms with Gasteiger partial charge in [-0.2, -0.15) is 0 Å². The van der Waals surface area contributed by atoms with Crippen molar-refractivity contribution < 1.29 is 9.53 Å². The van der Waals surface area contributed by atoms with Crippen LogP contribution in [0.4, 0.5) is 5.82 Å². The van der Waals surface area contributed by atoms with E-state index in [-0.39, 0.29) is 0 Å². The normalized spacial score (nSPS) is 13.8. The molecule has 1 aliphatic rings. The van der Waals surface area contributed by atoms with Crippen LogP contribution in [0.2, 0.25) is 0 Å². The van der Waals surface area contributed by atoms with Gasteiger partial charge in [-0.3, -0.25) is 9.78 Å². The number of Topliss-reactive ketones (excluding diaryl/α,β-unsaturated/α-hetero) is 1. The van der Waals surface area contributed by atoms with Crippen LogP contribution in [0, 0.1) is 0 Å². The summed E-state index contributed by atoms with van der Waals surface area (Å²) in [5.74, 6) is 1.19. The van der Waals surface area contributed by atoms with Crippen molar-refractivity contribution in [2.24, 2.45) is 0 Å². The minimum absolute atomic E-state index is 0.292. The molecule has 0 spiro atoms.